The minimum Gasteiger partial charge on any atom is -0.338 e. The third-order valence-corrected chi connectivity index (χ3v) is 5.03. The van der Waals surface area contributed by atoms with Crippen LogP contribution in [0.1, 0.15) is 17.2 Å². The van der Waals surface area contributed by atoms with E-state index >= 15 is 0 Å². The van der Waals surface area contributed by atoms with Gasteiger partial charge in [0.25, 0.3) is 0 Å². The fraction of sp³-hybridized carbons (Fsp3) is 0.500. The molecule has 1 aromatic rings. The van der Waals surface area contributed by atoms with Crippen LogP contribution in [0.15, 0.2) is 24.3 Å². The fourth-order valence-electron chi connectivity index (χ4n) is 2.35. The molecule has 0 aliphatic carbocycles. The van der Waals surface area contributed by atoms with Gasteiger partial charge in [0.2, 0.25) is 15.9 Å². The summed E-state index contributed by atoms with van der Waals surface area (Å²) in [6, 6.07) is 6.85. The average molecular weight is 348 g/mol. The van der Waals surface area contributed by atoms with Gasteiger partial charge in [0, 0.05) is 26.2 Å². The van der Waals surface area contributed by atoms with Crippen LogP contribution in [0.4, 0.5) is 0 Å². The highest BCUT2D eigenvalue weighted by molar-refractivity contribution is 7.88. The highest BCUT2D eigenvalue weighted by atomic mass is 35.5. The molecule has 1 heterocycles. The van der Waals surface area contributed by atoms with E-state index in [-0.39, 0.29) is 18.3 Å². The molecule has 2 N–H and O–H groups in total. The number of piperazine rings is 1. The lowest BCUT2D eigenvalue weighted by Crippen LogP contribution is -2.52. The Hall–Kier alpha value is -1.15. The average Bonchev–Trinajstić information content (AvgIpc) is 2.46. The van der Waals surface area contributed by atoms with Gasteiger partial charge in [0.15, 0.2) is 0 Å². The first-order valence-electron chi connectivity index (χ1n) is 6.85. The van der Waals surface area contributed by atoms with Gasteiger partial charge in [-0.25, -0.2) is 8.42 Å². The van der Waals surface area contributed by atoms with E-state index in [1.807, 2.05) is 31.2 Å². The lowest BCUT2D eigenvalue weighted by atomic mass is 10.0. The highest BCUT2D eigenvalue weighted by Gasteiger charge is 2.29. The van der Waals surface area contributed by atoms with Crippen LogP contribution in [0.5, 0.6) is 0 Å². The first-order chi connectivity index (χ1) is 9.79. The molecule has 0 radical (unpaired) electrons. The molecule has 22 heavy (non-hydrogen) atoms. The summed E-state index contributed by atoms with van der Waals surface area (Å²) in [4.78, 5) is 14.0. The number of aryl methyl sites for hydroxylation is 1. The Morgan fingerprint density at radius 2 is 1.64 bits per heavy atom. The molecule has 1 unspecified atom stereocenters. The van der Waals surface area contributed by atoms with E-state index in [1.165, 1.54) is 10.6 Å². The van der Waals surface area contributed by atoms with Crippen LogP contribution in [0.25, 0.3) is 0 Å². The number of amides is 1. The Labute approximate surface area is 137 Å². The predicted octanol–water partition coefficient (Wildman–Crippen LogP) is 0.520. The quantitative estimate of drug-likeness (QED) is 0.864. The van der Waals surface area contributed by atoms with Crippen molar-refractivity contribution in [2.45, 2.75) is 13.0 Å². The summed E-state index contributed by atoms with van der Waals surface area (Å²) in [5, 5.41) is 0. The zero-order valence-corrected chi connectivity index (χ0v) is 14.4. The minimum atomic E-state index is -3.19. The monoisotopic (exact) mass is 347 g/mol. The maximum absolute atomic E-state index is 12.4. The first-order valence-corrected chi connectivity index (χ1v) is 8.70. The summed E-state index contributed by atoms with van der Waals surface area (Å²) >= 11 is 0. The molecule has 1 aromatic carbocycles. The zero-order chi connectivity index (χ0) is 15.6. The van der Waals surface area contributed by atoms with Gasteiger partial charge in [-0.2, -0.15) is 4.31 Å². The number of carbonyl (C=O) groups is 1. The van der Waals surface area contributed by atoms with Crippen molar-refractivity contribution in [1.29, 1.82) is 0 Å². The van der Waals surface area contributed by atoms with Gasteiger partial charge in [-0.3, -0.25) is 4.79 Å². The van der Waals surface area contributed by atoms with Crippen LogP contribution in [0.3, 0.4) is 0 Å². The van der Waals surface area contributed by atoms with Gasteiger partial charge < -0.3 is 10.6 Å². The highest BCUT2D eigenvalue weighted by Crippen LogP contribution is 2.16. The van der Waals surface area contributed by atoms with E-state index in [9.17, 15) is 13.2 Å². The fourth-order valence-corrected chi connectivity index (χ4v) is 3.18. The molecule has 2 rings (SSSR count). The number of benzene rings is 1. The Bertz CT molecular complexity index is 611. The summed E-state index contributed by atoms with van der Waals surface area (Å²) in [6.07, 6.45) is 1.18. The number of sulfonamides is 1. The van der Waals surface area contributed by atoms with Gasteiger partial charge in [-0.1, -0.05) is 29.8 Å². The number of nitrogens with two attached hydrogens (primary N) is 1. The molecular formula is C14H22ClN3O3S. The Morgan fingerprint density at radius 3 is 2.09 bits per heavy atom. The molecule has 6 nitrogen and oxygen atoms in total. The van der Waals surface area contributed by atoms with Crippen LogP contribution in [-0.4, -0.2) is 56.0 Å². The molecule has 0 saturated carbocycles. The van der Waals surface area contributed by atoms with Crippen molar-refractivity contribution in [2.24, 2.45) is 5.73 Å². The van der Waals surface area contributed by atoms with E-state index in [1.54, 1.807) is 4.90 Å². The van der Waals surface area contributed by atoms with Crippen molar-refractivity contribution < 1.29 is 13.2 Å². The molecule has 1 aliphatic heterocycles. The normalized spacial score (nSPS) is 17.7. The van der Waals surface area contributed by atoms with Crippen molar-refractivity contribution in [3.05, 3.63) is 35.4 Å². The Kier molecular flexibility index (Phi) is 6.37. The molecule has 1 saturated heterocycles. The third-order valence-electron chi connectivity index (χ3n) is 3.72. The summed E-state index contributed by atoms with van der Waals surface area (Å²) in [6.45, 7) is 3.38. The molecule has 1 fully saturated rings. The van der Waals surface area contributed by atoms with Crippen molar-refractivity contribution in [1.82, 2.24) is 9.21 Å². The van der Waals surface area contributed by atoms with Crippen LogP contribution in [0.2, 0.25) is 0 Å². The summed E-state index contributed by atoms with van der Waals surface area (Å²) < 4.78 is 24.3. The first kappa shape index (κ1) is 18.9. The van der Waals surface area contributed by atoms with E-state index in [4.69, 9.17) is 5.73 Å². The van der Waals surface area contributed by atoms with Crippen molar-refractivity contribution >= 4 is 28.3 Å². The molecular weight excluding hydrogens is 326 g/mol. The van der Waals surface area contributed by atoms with E-state index in [0.717, 1.165) is 11.1 Å². The van der Waals surface area contributed by atoms with E-state index in [0.29, 0.717) is 26.2 Å². The summed E-state index contributed by atoms with van der Waals surface area (Å²) in [5.74, 6) is -0.160. The third kappa shape index (κ3) is 4.42. The molecule has 0 spiro atoms. The van der Waals surface area contributed by atoms with Crippen molar-refractivity contribution in [3.63, 3.8) is 0 Å². The van der Waals surface area contributed by atoms with Crippen molar-refractivity contribution in [2.75, 3.05) is 32.4 Å². The maximum atomic E-state index is 12.4. The maximum Gasteiger partial charge on any atom is 0.244 e. The van der Waals surface area contributed by atoms with Crippen LogP contribution < -0.4 is 5.73 Å². The number of hydrogen-bond acceptors (Lipinski definition) is 4. The molecule has 124 valence electrons. The number of rotatable bonds is 3. The van der Waals surface area contributed by atoms with Crippen LogP contribution in [0, 0.1) is 6.92 Å². The topological polar surface area (TPSA) is 83.7 Å². The van der Waals surface area contributed by atoms with Gasteiger partial charge in [0.1, 0.15) is 6.04 Å². The minimum absolute atomic E-state index is 0. The Balaban J connectivity index is 0.00000242. The number of hydrogen-bond donors (Lipinski definition) is 1. The van der Waals surface area contributed by atoms with Crippen LogP contribution in [-0.2, 0) is 14.8 Å². The number of halogens is 1. The lowest BCUT2D eigenvalue weighted by Gasteiger charge is -2.34. The van der Waals surface area contributed by atoms with Gasteiger partial charge in [0.05, 0.1) is 6.26 Å². The number of nitrogens with zero attached hydrogens (tertiary/aromatic N) is 2. The summed E-state index contributed by atoms with van der Waals surface area (Å²) in [5.41, 5.74) is 7.90. The largest absolute Gasteiger partial charge is 0.338 e. The van der Waals surface area contributed by atoms with E-state index in [2.05, 4.69) is 0 Å². The predicted molar refractivity (Wildman–Crippen MR) is 88.4 cm³/mol. The molecule has 1 aliphatic rings. The Morgan fingerprint density at radius 1 is 1.14 bits per heavy atom. The molecule has 8 heteroatoms. The van der Waals surface area contributed by atoms with Crippen LogP contribution >= 0.6 is 12.4 Å². The van der Waals surface area contributed by atoms with Gasteiger partial charge in [-0.15, -0.1) is 12.4 Å². The van der Waals surface area contributed by atoms with Crippen molar-refractivity contribution in [3.8, 4) is 0 Å². The zero-order valence-electron chi connectivity index (χ0n) is 12.7. The second-order valence-corrected chi connectivity index (χ2v) is 7.36. The molecule has 1 amide bonds. The second kappa shape index (κ2) is 7.41. The number of carbonyl (C=O) groups excluding carboxylic acids is 1. The van der Waals surface area contributed by atoms with Gasteiger partial charge in [-0.05, 0) is 12.5 Å². The van der Waals surface area contributed by atoms with E-state index < -0.39 is 16.1 Å². The molecule has 1 atom stereocenters. The molecule has 0 bridgehead atoms. The van der Waals surface area contributed by atoms with Gasteiger partial charge >= 0.3 is 0 Å². The summed E-state index contributed by atoms with van der Waals surface area (Å²) in [7, 11) is -3.19. The smallest absolute Gasteiger partial charge is 0.244 e. The lowest BCUT2D eigenvalue weighted by molar-refractivity contribution is -0.133. The standard InChI is InChI=1S/C14H21N3O3S.ClH/c1-11-3-5-12(6-4-11)13(15)14(18)16-7-9-17(10-8-16)21(2,19)20;/h3-6,13H,7-10,15H2,1-2H3;1H. The molecule has 0 aromatic heterocycles. The SMILES string of the molecule is Cc1ccc(C(N)C(=O)N2CCN(S(C)(=O)=O)CC2)cc1.Cl. The second-order valence-electron chi connectivity index (χ2n) is 5.38.